The molecule has 1 N–H and O–H groups in total. The smallest absolute Gasteiger partial charge is 0.410 e. The Hall–Kier alpha value is -2.93. The predicted octanol–water partition coefficient (Wildman–Crippen LogP) is 4.54. The standard InChI is InChI=1S/C22H24ClN3O4/c1-29-20-8-7-16(23)13-18(20)24-21(27)25-11-9-17(10-12-25)26-19(14-30-22(26)28)15-5-3-2-4-6-15/h2-8,13,17,19H,9-12,14H2,1H3,(H,24,27). The number of cyclic esters (lactones) is 1. The van der Waals surface area contributed by atoms with Crippen LogP contribution >= 0.6 is 11.6 Å². The van der Waals surface area contributed by atoms with Gasteiger partial charge in [-0.3, -0.25) is 4.90 Å². The van der Waals surface area contributed by atoms with Crippen LogP contribution < -0.4 is 10.1 Å². The molecular weight excluding hydrogens is 406 g/mol. The van der Waals surface area contributed by atoms with Gasteiger partial charge in [-0.05, 0) is 36.6 Å². The quantitative estimate of drug-likeness (QED) is 0.774. The molecule has 2 fully saturated rings. The number of rotatable bonds is 4. The molecule has 0 bridgehead atoms. The third kappa shape index (κ3) is 4.16. The topological polar surface area (TPSA) is 71.1 Å². The van der Waals surface area contributed by atoms with E-state index in [1.165, 1.54) is 0 Å². The first-order chi connectivity index (χ1) is 14.6. The molecule has 8 heteroatoms. The van der Waals surface area contributed by atoms with Crippen LogP contribution in [0.4, 0.5) is 15.3 Å². The van der Waals surface area contributed by atoms with E-state index in [0.29, 0.717) is 49.0 Å². The molecule has 4 rings (SSSR count). The van der Waals surface area contributed by atoms with Gasteiger partial charge >= 0.3 is 12.1 Å². The van der Waals surface area contributed by atoms with Crippen molar-refractivity contribution in [1.29, 1.82) is 0 Å². The Labute approximate surface area is 180 Å². The van der Waals surface area contributed by atoms with Crippen LogP contribution in [0.2, 0.25) is 5.02 Å². The van der Waals surface area contributed by atoms with Gasteiger partial charge in [-0.25, -0.2) is 9.59 Å². The maximum atomic E-state index is 12.7. The number of halogens is 1. The van der Waals surface area contributed by atoms with Crippen molar-refractivity contribution < 1.29 is 19.1 Å². The molecule has 0 saturated carbocycles. The maximum absolute atomic E-state index is 12.7. The molecule has 7 nitrogen and oxygen atoms in total. The molecule has 2 saturated heterocycles. The lowest BCUT2D eigenvalue weighted by Crippen LogP contribution is -2.48. The van der Waals surface area contributed by atoms with Crippen LogP contribution in [0.5, 0.6) is 5.75 Å². The highest BCUT2D eigenvalue weighted by atomic mass is 35.5. The van der Waals surface area contributed by atoms with E-state index in [4.69, 9.17) is 21.1 Å². The molecule has 2 heterocycles. The predicted molar refractivity (Wildman–Crippen MR) is 114 cm³/mol. The Kier molecular flexibility index (Phi) is 5.99. The summed E-state index contributed by atoms with van der Waals surface area (Å²) < 4.78 is 10.6. The van der Waals surface area contributed by atoms with Crippen molar-refractivity contribution in [3.63, 3.8) is 0 Å². The highest BCUT2D eigenvalue weighted by Crippen LogP contribution is 2.33. The lowest BCUT2D eigenvalue weighted by molar-refractivity contribution is 0.116. The molecule has 0 aliphatic carbocycles. The summed E-state index contributed by atoms with van der Waals surface area (Å²) in [5, 5.41) is 3.39. The average molecular weight is 430 g/mol. The fourth-order valence-corrected chi connectivity index (χ4v) is 4.26. The molecule has 0 aromatic heterocycles. The molecule has 158 valence electrons. The second-order valence-electron chi connectivity index (χ2n) is 7.40. The van der Waals surface area contributed by atoms with E-state index in [0.717, 1.165) is 5.56 Å². The van der Waals surface area contributed by atoms with Crippen molar-refractivity contribution in [2.24, 2.45) is 0 Å². The normalized spacial score (nSPS) is 19.5. The minimum absolute atomic E-state index is 0.0370. The Bertz CT molecular complexity index is 916. The van der Waals surface area contributed by atoms with E-state index >= 15 is 0 Å². The van der Waals surface area contributed by atoms with Gasteiger partial charge < -0.3 is 19.7 Å². The number of methoxy groups -OCH3 is 1. The number of amides is 3. The van der Waals surface area contributed by atoms with Gasteiger partial charge in [0.15, 0.2) is 0 Å². The first kappa shape index (κ1) is 20.3. The number of likely N-dealkylation sites (tertiary alicyclic amines) is 1. The number of nitrogens with zero attached hydrogens (tertiary/aromatic N) is 2. The zero-order valence-electron chi connectivity index (χ0n) is 16.7. The van der Waals surface area contributed by atoms with Crippen LogP contribution in [-0.4, -0.2) is 54.8 Å². The van der Waals surface area contributed by atoms with Gasteiger partial charge in [0.25, 0.3) is 0 Å². The molecule has 2 aromatic carbocycles. The fourth-order valence-electron chi connectivity index (χ4n) is 4.09. The van der Waals surface area contributed by atoms with Crippen molar-refractivity contribution in [2.45, 2.75) is 24.9 Å². The molecule has 30 heavy (non-hydrogen) atoms. The van der Waals surface area contributed by atoms with Gasteiger partial charge in [-0.2, -0.15) is 0 Å². The molecule has 0 spiro atoms. The second-order valence-corrected chi connectivity index (χ2v) is 7.84. The van der Waals surface area contributed by atoms with Crippen molar-refractivity contribution in [2.75, 3.05) is 32.1 Å². The molecule has 3 amide bonds. The Balaban J connectivity index is 1.39. The molecular formula is C22H24ClN3O4. The summed E-state index contributed by atoms with van der Waals surface area (Å²) in [6.07, 6.45) is 1.10. The SMILES string of the molecule is COc1ccc(Cl)cc1NC(=O)N1CCC(N2C(=O)OCC2c2ccccc2)CC1. The first-order valence-electron chi connectivity index (χ1n) is 9.96. The van der Waals surface area contributed by atoms with Crippen molar-refractivity contribution >= 4 is 29.4 Å². The number of benzene rings is 2. The summed E-state index contributed by atoms with van der Waals surface area (Å²) in [5.41, 5.74) is 1.60. The molecule has 1 unspecified atom stereocenters. The van der Waals surface area contributed by atoms with Crippen molar-refractivity contribution in [3.8, 4) is 5.75 Å². The van der Waals surface area contributed by atoms with Gasteiger partial charge in [0.05, 0.1) is 18.8 Å². The summed E-state index contributed by atoms with van der Waals surface area (Å²) in [5.74, 6) is 0.549. The summed E-state index contributed by atoms with van der Waals surface area (Å²) in [6, 6.07) is 14.7. The molecule has 2 aromatic rings. The summed E-state index contributed by atoms with van der Waals surface area (Å²) in [7, 11) is 1.54. The zero-order valence-corrected chi connectivity index (χ0v) is 17.5. The molecule has 0 radical (unpaired) electrons. The Morgan fingerprint density at radius 1 is 1.17 bits per heavy atom. The molecule has 1 atom stereocenters. The largest absolute Gasteiger partial charge is 0.495 e. The highest BCUT2D eigenvalue weighted by Gasteiger charge is 2.40. The van der Waals surface area contributed by atoms with Crippen LogP contribution in [0.3, 0.4) is 0 Å². The van der Waals surface area contributed by atoms with Crippen molar-refractivity contribution in [3.05, 3.63) is 59.1 Å². The van der Waals surface area contributed by atoms with Gasteiger partial charge in [0.2, 0.25) is 0 Å². The van der Waals surface area contributed by atoms with Gasteiger partial charge in [0, 0.05) is 24.2 Å². The van der Waals surface area contributed by atoms with Gasteiger partial charge in [-0.15, -0.1) is 0 Å². The number of piperidine rings is 1. The Morgan fingerprint density at radius 3 is 2.60 bits per heavy atom. The maximum Gasteiger partial charge on any atom is 0.410 e. The number of hydrogen-bond donors (Lipinski definition) is 1. The monoisotopic (exact) mass is 429 g/mol. The number of nitrogens with one attached hydrogen (secondary N) is 1. The zero-order chi connectivity index (χ0) is 21.1. The van der Waals surface area contributed by atoms with Crippen LogP contribution in [-0.2, 0) is 4.74 Å². The van der Waals surface area contributed by atoms with Crippen LogP contribution in [0, 0.1) is 0 Å². The third-order valence-corrected chi connectivity index (χ3v) is 5.88. The lowest BCUT2D eigenvalue weighted by Gasteiger charge is -2.37. The highest BCUT2D eigenvalue weighted by molar-refractivity contribution is 6.31. The first-order valence-corrected chi connectivity index (χ1v) is 10.3. The summed E-state index contributed by atoms with van der Waals surface area (Å²) in [6.45, 7) is 1.45. The number of ether oxygens (including phenoxy) is 2. The number of carbonyl (C=O) groups is 2. The Morgan fingerprint density at radius 2 is 1.90 bits per heavy atom. The third-order valence-electron chi connectivity index (χ3n) is 5.64. The number of carbonyl (C=O) groups excluding carboxylic acids is 2. The van der Waals surface area contributed by atoms with E-state index in [-0.39, 0.29) is 24.2 Å². The van der Waals surface area contributed by atoms with Gasteiger partial charge in [0.1, 0.15) is 12.4 Å². The molecule has 2 aliphatic heterocycles. The second kappa shape index (κ2) is 8.83. The van der Waals surface area contributed by atoms with E-state index in [1.807, 2.05) is 35.2 Å². The minimum Gasteiger partial charge on any atom is -0.495 e. The number of urea groups is 1. The van der Waals surface area contributed by atoms with Gasteiger partial charge in [-0.1, -0.05) is 41.9 Å². The van der Waals surface area contributed by atoms with Crippen LogP contribution in [0.1, 0.15) is 24.4 Å². The summed E-state index contributed by atoms with van der Waals surface area (Å²) >= 11 is 6.04. The van der Waals surface area contributed by atoms with E-state index < -0.39 is 0 Å². The summed E-state index contributed by atoms with van der Waals surface area (Å²) in [4.78, 5) is 28.7. The van der Waals surface area contributed by atoms with Crippen molar-refractivity contribution in [1.82, 2.24) is 9.80 Å². The van der Waals surface area contributed by atoms with Crippen LogP contribution in [0.25, 0.3) is 0 Å². The average Bonchev–Trinajstić information content (AvgIpc) is 3.16. The molecule has 2 aliphatic rings. The van der Waals surface area contributed by atoms with E-state index in [2.05, 4.69) is 5.32 Å². The fraction of sp³-hybridized carbons (Fsp3) is 0.364. The lowest BCUT2D eigenvalue weighted by atomic mass is 9.99. The van der Waals surface area contributed by atoms with E-state index in [9.17, 15) is 9.59 Å². The van der Waals surface area contributed by atoms with Crippen LogP contribution in [0.15, 0.2) is 48.5 Å². The minimum atomic E-state index is -0.282. The number of hydrogen-bond acceptors (Lipinski definition) is 4. The number of anilines is 1. The van der Waals surface area contributed by atoms with E-state index in [1.54, 1.807) is 30.2 Å².